The molecule has 1 heterocycles. The Kier molecular flexibility index (Phi) is 5.65. The van der Waals surface area contributed by atoms with Crippen LogP contribution in [0.3, 0.4) is 0 Å². The van der Waals surface area contributed by atoms with Crippen LogP contribution in [0.15, 0.2) is 24.4 Å². The van der Waals surface area contributed by atoms with E-state index in [4.69, 9.17) is 27.9 Å². The Labute approximate surface area is 135 Å². The summed E-state index contributed by atoms with van der Waals surface area (Å²) >= 11 is 12.6. The van der Waals surface area contributed by atoms with Crippen LogP contribution in [0.25, 0.3) is 0 Å². The molecule has 0 bridgehead atoms. The van der Waals surface area contributed by atoms with Gasteiger partial charge in [0.15, 0.2) is 0 Å². The van der Waals surface area contributed by atoms with Gasteiger partial charge in [0.05, 0.1) is 36.1 Å². The molecule has 114 valence electrons. The quantitative estimate of drug-likeness (QED) is 0.883. The van der Waals surface area contributed by atoms with Crippen molar-refractivity contribution in [3.05, 3.63) is 51.3 Å². The van der Waals surface area contributed by atoms with Crippen LogP contribution < -0.4 is 5.32 Å². The molecule has 0 saturated heterocycles. The van der Waals surface area contributed by atoms with Crippen molar-refractivity contribution < 1.29 is 4.74 Å². The van der Waals surface area contributed by atoms with Crippen molar-refractivity contribution in [1.29, 1.82) is 0 Å². The van der Waals surface area contributed by atoms with Crippen LogP contribution in [0, 0.1) is 6.92 Å². The number of nitrogens with one attached hydrogen (secondary N) is 1. The number of hydrogen-bond donors (Lipinski definition) is 1. The van der Waals surface area contributed by atoms with Crippen molar-refractivity contribution in [3.8, 4) is 0 Å². The Morgan fingerprint density at radius 2 is 2.10 bits per heavy atom. The summed E-state index contributed by atoms with van der Waals surface area (Å²) in [7, 11) is 3.56. The highest BCUT2D eigenvalue weighted by Crippen LogP contribution is 2.30. The molecule has 21 heavy (non-hydrogen) atoms. The zero-order valence-electron chi connectivity index (χ0n) is 12.4. The number of aromatic nitrogens is 2. The Bertz CT molecular complexity index is 613. The zero-order chi connectivity index (χ0) is 15.4. The van der Waals surface area contributed by atoms with Gasteiger partial charge in [0.25, 0.3) is 0 Å². The van der Waals surface area contributed by atoms with Gasteiger partial charge in [-0.05, 0) is 31.2 Å². The van der Waals surface area contributed by atoms with Crippen LogP contribution in [-0.4, -0.2) is 30.5 Å². The topological polar surface area (TPSA) is 39.1 Å². The molecule has 0 radical (unpaired) electrons. The SMILES string of the molecule is CNC(c1ccc(C)c(Cl)c1)c1c(Cl)cnn1CCOC. The minimum atomic E-state index is -0.0741. The third-order valence-electron chi connectivity index (χ3n) is 3.43. The van der Waals surface area contributed by atoms with Gasteiger partial charge >= 0.3 is 0 Å². The molecule has 0 aliphatic carbocycles. The van der Waals surface area contributed by atoms with E-state index in [2.05, 4.69) is 10.4 Å². The van der Waals surface area contributed by atoms with Gasteiger partial charge < -0.3 is 10.1 Å². The van der Waals surface area contributed by atoms with Gasteiger partial charge in [0, 0.05) is 12.1 Å². The number of aryl methyl sites for hydroxylation is 1. The van der Waals surface area contributed by atoms with E-state index < -0.39 is 0 Å². The first kappa shape index (κ1) is 16.3. The van der Waals surface area contributed by atoms with E-state index in [1.54, 1.807) is 13.3 Å². The van der Waals surface area contributed by atoms with E-state index >= 15 is 0 Å². The van der Waals surface area contributed by atoms with Crippen molar-refractivity contribution in [2.45, 2.75) is 19.5 Å². The fraction of sp³-hybridized carbons (Fsp3) is 0.400. The number of ether oxygens (including phenoxy) is 1. The first-order chi connectivity index (χ1) is 10.1. The van der Waals surface area contributed by atoms with Crippen molar-refractivity contribution in [1.82, 2.24) is 15.1 Å². The van der Waals surface area contributed by atoms with Crippen LogP contribution in [0.5, 0.6) is 0 Å². The summed E-state index contributed by atoms with van der Waals surface area (Å²) in [6.45, 7) is 3.21. The highest BCUT2D eigenvalue weighted by Gasteiger charge is 2.21. The number of rotatable bonds is 6. The van der Waals surface area contributed by atoms with Crippen molar-refractivity contribution >= 4 is 23.2 Å². The molecule has 1 aromatic carbocycles. The molecular weight excluding hydrogens is 309 g/mol. The lowest BCUT2D eigenvalue weighted by molar-refractivity contribution is 0.182. The maximum absolute atomic E-state index is 6.32. The number of hydrogen-bond acceptors (Lipinski definition) is 3. The minimum absolute atomic E-state index is 0.0741. The van der Waals surface area contributed by atoms with E-state index in [9.17, 15) is 0 Å². The standard InChI is InChI=1S/C15H19Cl2N3O/c1-10-4-5-11(8-12(10)16)14(18-2)15-13(17)9-19-20(15)6-7-21-3/h4-5,8-9,14,18H,6-7H2,1-3H3. The average Bonchev–Trinajstić information content (AvgIpc) is 2.83. The van der Waals surface area contributed by atoms with E-state index in [-0.39, 0.29) is 6.04 Å². The molecule has 1 N–H and O–H groups in total. The Balaban J connectivity index is 2.40. The Hall–Kier alpha value is -1.07. The summed E-state index contributed by atoms with van der Waals surface area (Å²) in [4.78, 5) is 0. The van der Waals surface area contributed by atoms with E-state index in [1.807, 2.05) is 36.9 Å². The Morgan fingerprint density at radius 3 is 2.71 bits per heavy atom. The number of methoxy groups -OCH3 is 1. The maximum atomic E-state index is 6.32. The van der Waals surface area contributed by atoms with Gasteiger partial charge in [-0.1, -0.05) is 35.3 Å². The van der Waals surface area contributed by atoms with E-state index in [1.165, 1.54) is 0 Å². The molecule has 0 amide bonds. The number of halogens is 2. The molecule has 2 rings (SSSR count). The second-order valence-electron chi connectivity index (χ2n) is 4.82. The van der Waals surface area contributed by atoms with Crippen molar-refractivity contribution in [2.75, 3.05) is 20.8 Å². The summed E-state index contributed by atoms with van der Waals surface area (Å²) < 4.78 is 6.98. The number of benzene rings is 1. The molecular formula is C15H19Cl2N3O. The van der Waals surface area contributed by atoms with E-state index in [0.717, 1.165) is 21.8 Å². The van der Waals surface area contributed by atoms with Crippen molar-refractivity contribution in [3.63, 3.8) is 0 Å². The number of nitrogens with zero attached hydrogens (tertiary/aromatic N) is 2. The summed E-state index contributed by atoms with van der Waals surface area (Å²) in [6.07, 6.45) is 1.66. The maximum Gasteiger partial charge on any atom is 0.0837 e. The highest BCUT2D eigenvalue weighted by molar-refractivity contribution is 6.31. The van der Waals surface area contributed by atoms with Crippen LogP contribution in [0.4, 0.5) is 0 Å². The molecule has 4 nitrogen and oxygen atoms in total. The van der Waals surface area contributed by atoms with Crippen LogP contribution in [0.2, 0.25) is 10.0 Å². The second kappa shape index (κ2) is 7.27. The minimum Gasteiger partial charge on any atom is -0.383 e. The first-order valence-electron chi connectivity index (χ1n) is 6.72. The monoisotopic (exact) mass is 327 g/mol. The molecule has 2 aromatic rings. The molecule has 0 saturated carbocycles. The van der Waals surface area contributed by atoms with Crippen LogP contribution in [-0.2, 0) is 11.3 Å². The van der Waals surface area contributed by atoms with Gasteiger partial charge in [-0.25, -0.2) is 0 Å². The molecule has 0 aliphatic heterocycles. The molecule has 0 aliphatic rings. The van der Waals surface area contributed by atoms with Gasteiger partial charge in [0.2, 0.25) is 0 Å². The lowest BCUT2D eigenvalue weighted by Crippen LogP contribution is -2.23. The molecule has 0 fully saturated rings. The summed E-state index contributed by atoms with van der Waals surface area (Å²) in [5, 5.41) is 8.97. The summed E-state index contributed by atoms with van der Waals surface area (Å²) in [5.74, 6) is 0. The highest BCUT2D eigenvalue weighted by atomic mass is 35.5. The average molecular weight is 328 g/mol. The largest absolute Gasteiger partial charge is 0.383 e. The van der Waals surface area contributed by atoms with Gasteiger partial charge in [-0.15, -0.1) is 0 Å². The lowest BCUT2D eigenvalue weighted by Gasteiger charge is -2.20. The van der Waals surface area contributed by atoms with E-state index in [0.29, 0.717) is 18.2 Å². The van der Waals surface area contributed by atoms with Gasteiger partial charge in [0.1, 0.15) is 0 Å². The summed E-state index contributed by atoms with van der Waals surface area (Å²) in [5.41, 5.74) is 3.01. The normalized spacial score (nSPS) is 12.6. The second-order valence-corrected chi connectivity index (χ2v) is 5.64. The molecule has 1 unspecified atom stereocenters. The van der Waals surface area contributed by atoms with Gasteiger partial charge in [-0.2, -0.15) is 5.10 Å². The Morgan fingerprint density at radius 1 is 1.33 bits per heavy atom. The van der Waals surface area contributed by atoms with Crippen LogP contribution in [0.1, 0.15) is 22.9 Å². The smallest absolute Gasteiger partial charge is 0.0837 e. The molecule has 0 spiro atoms. The summed E-state index contributed by atoms with van der Waals surface area (Å²) in [6, 6.07) is 5.94. The molecule has 1 atom stereocenters. The molecule has 6 heteroatoms. The zero-order valence-corrected chi connectivity index (χ0v) is 13.9. The fourth-order valence-corrected chi connectivity index (χ4v) is 2.70. The third-order valence-corrected chi connectivity index (χ3v) is 4.13. The van der Waals surface area contributed by atoms with Crippen molar-refractivity contribution in [2.24, 2.45) is 0 Å². The fourth-order valence-electron chi connectivity index (χ4n) is 2.26. The molecule has 1 aromatic heterocycles. The van der Waals surface area contributed by atoms with Crippen LogP contribution >= 0.6 is 23.2 Å². The lowest BCUT2D eigenvalue weighted by atomic mass is 10.0. The predicted molar refractivity (Wildman–Crippen MR) is 86.2 cm³/mol. The van der Waals surface area contributed by atoms with Gasteiger partial charge in [-0.3, -0.25) is 4.68 Å². The third kappa shape index (κ3) is 3.58. The first-order valence-corrected chi connectivity index (χ1v) is 7.47. The predicted octanol–water partition coefficient (Wildman–Crippen LogP) is 3.45.